The number of nitrogens with one attached hydrogen (secondary N) is 1. The molecule has 0 aromatic heterocycles. The first-order valence-electron chi connectivity index (χ1n) is 11.9. The van der Waals surface area contributed by atoms with Crippen LogP contribution in [0.25, 0.3) is 11.1 Å². The van der Waals surface area contributed by atoms with E-state index in [1.54, 1.807) is 4.90 Å². The molecular weight excluding hydrogens is 448 g/mol. The van der Waals surface area contributed by atoms with E-state index in [2.05, 4.69) is 29.6 Å². The van der Waals surface area contributed by atoms with Crippen molar-refractivity contribution in [1.29, 1.82) is 0 Å². The molecule has 2 aromatic carbocycles. The first-order valence-corrected chi connectivity index (χ1v) is 11.9. The van der Waals surface area contributed by atoms with Gasteiger partial charge >= 0.3 is 12.1 Å². The minimum Gasteiger partial charge on any atom is -0.480 e. The lowest BCUT2D eigenvalue weighted by atomic mass is 9.89. The summed E-state index contributed by atoms with van der Waals surface area (Å²) in [5.74, 6) is -1.26. The number of nitrogens with zero attached hydrogens (tertiary/aromatic N) is 1. The Hall–Kier alpha value is -3.65. The van der Waals surface area contributed by atoms with Gasteiger partial charge in [0.15, 0.2) is 0 Å². The molecule has 5 rings (SSSR count). The third-order valence-corrected chi connectivity index (χ3v) is 6.93. The summed E-state index contributed by atoms with van der Waals surface area (Å²) in [7, 11) is 0. The molecule has 8 heteroatoms. The van der Waals surface area contributed by atoms with Crippen LogP contribution in [-0.4, -0.2) is 66.4 Å². The smallest absolute Gasteiger partial charge is 0.407 e. The number of hydrogen-bond acceptors (Lipinski definition) is 5. The van der Waals surface area contributed by atoms with Crippen molar-refractivity contribution in [3.63, 3.8) is 0 Å². The Balaban J connectivity index is 1.12. The van der Waals surface area contributed by atoms with Crippen LogP contribution in [0.1, 0.15) is 29.9 Å². The highest BCUT2D eigenvalue weighted by atomic mass is 16.5. The van der Waals surface area contributed by atoms with E-state index in [1.165, 1.54) is 11.1 Å². The van der Waals surface area contributed by atoms with Gasteiger partial charge in [-0.1, -0.05) is 60.7 Å². The Morgan fingerprint density at radius 1 is 1.00 bits per heavy atom. The third kappa shape index (κ3) is 4.93. The van der Waals surface area contributed by atoms with Crippen LogP contribution in [0.2, 0.25) is 0 Å². The van der Waals surface area contributed by atoms with E-state index in [-0.39, 0.29) is 43.1 Å². The number of carboxylic acids is 1. The van der Waals surface area contributed by atoms with Crippen molar-refractivity contribution in [2.45, 2.75) is 30.9 Å². The normalized spacial score (nSPS) is 21.1. The summed E-state index contributed by atoms with van der Waals surface area (Å²) < 4.78 is 10.8. The van der Waals surface area contributed by atoms with E-state index in [0.717, 1.165) is 11.1 Å². The Morgan fingerprint density at radius 2 is 1.66 bits per heavy atom. The number of benzene rings is 2. The zero-order valence-electron chi connectivity index (χ0n) is 19.3. The lowest BCUT2D eigenvalue weighted by Crippen LogP contribution is -2.57. The summed E-state index contributed by atoms with van der Waals surface area (Å²) in [6.45, 7) is 0.683. The molecule has 2 unspecified atom stereocenters. The topological polar surface area (TPSA) is 105 Å². The first kappa shape index (κ1) is 23.1. The maximum absolute atomic E-state index is 12.8. The van der Waals surface area contributed by atoms with Gasteiger partial charge in [0.2, 0.25) is 5.91 Å². The number of carbonyl (C=O) groups is 3. The Bertz CT molecular complexity index is 1110. The van der Waals surface area contributed by atoms with Crippen LogP contribution in [-0.2, 0) is 19.1 Å². The Labute approximate surface area is 203 Å². The number of carboxylic acid groups (broad SMARTS) is 1. The van der Waals surface area contributed by atoms with Crippen molar-refractivity contribution in [2.24, 2.45) is 5.92 Å². The standard InChI is InChI=1S/C27H28N2O6/c30-25(31)16-34-19-13-29(14-19)26(32)17-6-5-7-18(12-17)28-27(33)35-15-24-22-10-3-1-8-20(22)21-9-2-4-11-23(21)24/h1-5,7-11,17-19,24H,6,12-16H2,(H,28,33)(H,30,31). The minimum atomic E-state index is -1.02. The highest BCUT2D eigenvalue weighted by molar-refractivity contribution is 5.81. The maximum Gasteiger partial charge on any atom is 0.407 e. The molecule has 2 aliphatic carbocycles. The number of allylic oxidation sites excluding steroid dienone is 1. The van der Waals surface area contributed by atoms with Gasteiger partial charge in [-0.05, 0) is 35.1 Å². The average Bonchev–Trinajstić information content (AvgIpc) is 3.15. The highest BCUT2D eigenvalue weighted by Gasteiger charge is 2.37. The molecule has 2 amide bonds. The summed E-state index contributed by atoms with van der Waals surface area (Å²) in [5.41, 5.74) is 4.67. The van der Waals surface area contributed by atoms with Gasteiger partial charge in [0, 0.05) is 24.9 Å². The molecule has 0 radical (unpaired) electrons. The zero-order chi connectivity index (χ0) is 24.4. The summed E-state index contributed by atoms with van der Waals surface area (Å²) in [5, 5.41) is 11.6. The fraction of sp³-hybridized carbons (Fsp3) is 0.370. The van der Waals surface area contributed by atoms with Crippen LogP contribution in [0.5, 0.6) is 0 Å². The van der Waals surface area contributed by atoms with E-state index in [1.807, 2.05) is 36.4 Å². The second-order valence-electron chi connectivity index (χ2n) is 9.24. The Morgan fingerprint density at radius 3 is 2.31 bits per heavy atom. The largest absolute Gasteiger partial charge is 0.480 e. The molecule has 1 heterocycles. The molecule has 0 bridgehead atoms. The number of rotatable bonds is 7. The fourth-order valence-electron chi connectivity index (χ4n) is 5.16. The molecule has 0 spiro atoms. The van der Waals surface area contributed by atoms with E-state index >= 15 is 0 Å². The Kier molecular flexibility index (Phi) is 6.55. The molecule has 0 saturated carbocycles. The lowest BCUT2D eigenvalue weighted by Gasteiger charge is -2.41. The number of carbonyl (C=O) groups excluding carboxylic acids is 2. The number of likely N-dealkylation sites (tertiary alicyclic amines) is 1. The molecule has 182 valence electrons. The van der Waals surface area contributed by atoms with Crippen LogP contribution < -0.4 is 5.32 Å². The van der Waals surface area contributed by atoms with E-state index < -0.39 is 12.1 Å². The van der Waals surface area contributed by atoms with Crippen molar-refractivity contribution < 1.29 is 29.0 Å². The van der Waals surface area contributed by atoms with Gasteiger partial charge in [-0.3, -0.25) is 4.79 Å². The zero-order valence-corrected chi connectivity index (χ0v) is 19.3. The molecule has 35 heavy (non-hydrogen) atoms. The molecule has 2 aromatic rings. The fourth-order valence-corrected chi connectivity index (χ4v) is 5.16. The molecular formula is C27H28N2O6. The first-order chi connectivity index (χ1) is 17.0. The van der Waals surface area contributed by atoms with Gasteiger partial charge in [-0.2, -0.15) is 0 Å². The van der Waals surface area contributed by atoms with E-state index in [4.69, 9.17) is 14.6 Å². The highest BCUT2D eigenvalue weighted by Crippen LogP contribution is 2.44. The summed E-state index contributed by atoms with van der Waals surface area (Å²) >= 11 is 0. The maximum atomic E-state index is 12.8. The van der Waals surface area contributed by atoms with E-state index in [9.17, 15) is 14.4 Å². The van der Waals surface area contributed by atoms with Crippen LogP contribution >= 0.6 is 0 Å². The molecule has 3 aliphatic rings. The SMILES string of the molecule is O=C(O)COC1CN(C(=O)C2CC=CC(NC(=O)OCC3c4ccccc4-c4ccccc43)C2)C1. The van der Waals surface area contributed by atoms with Gasteiger partial charge in [-0.25, -0.2) is 9.59 Å². The van der Waals surface area contributed by atoms with Crippen LogP contribution in [0.4, 0.5) is 4.79 Å². The molecule has 1 aliphatic heterocycles. The molecule has 1 fully saturated rings. The lowest BCUT2D eigenvalue weighted by molar-refractivity contribution is -0.156. The number of hydrogen-bond donors (Lipinski definition) is 2. The molecule has 2 atom stereocenters. The second-order valence-corrected chi connectivity index (χ2v) is 9.24. The quantitative estimate of drug-likeness (QED) is 0.595. The number of fused-ring (bicyclic) bond motifs is 3. The number of amides is 2. The molecule has 1 saturated heterocycles. The van der Waals surface area contributed by atoms with Gasteiger partial charge in [0.25, 0.3) is 0 Å². The molecule has 2 N–H and O–H groups in total. The second kappa shape index (κ2) is 9.92. The van der Waals surface area contributed by atoms with Gasteiger partial charge < -0.3 is 24.8 Å². The van der Waals surface area contributed by atoms with Crippen molar-refractivity contribution in [3.8, 4) is 11.1 Å². The van der Waals surface area contributed by atoms with Gasteiger partial charge in [0.05, 0.1) is 12.1 Å². The van der Waals surface area contributed by atoms with E-state index in [0.29, 0.717) is 25.9 Å². The summed E-state index contributed by atoms with van der Waals surface area (Å²) in [6.07, 6.45) is 4.19. The number of alkyl carbamates (subject to hydrolysis) is 1. The van der Waals surface area contributed by atoms with Crippen LogP contribution in [0.3, 0.4) is 0 Å². The van der Waals surface area contributed by atoms with Crippen LogP contribution in [0.15, 0.2) is 60.7 Å². The number of ether oxygens (including phenoxy) is 2. The number of aliphatic carboxylic acids is 1. The van der Waals surface area contributed by atoms with Gasteiger partial charge in [-0.15, -0.1) is 0 Å². The van der Waals surface area contributed by atoms with Crippen molar-refractivity contribution in [3.05, 3.63) is 71.8 Å². The van der Waals surface area contributed by atoms with Crippen molar-refractivity contribution >= 4 is 18.0 Å². The van der Waals surface area contributed by atoms with Crippen molar-refractivity contribution in [2.75, 3.05) is 26.3 Å². The predicted octanol–water partition coefficient (Wildman–Crippen LogP) is 3.17. The summed E-state index contributed by atoms with van der Waals surface area (Å²) in [6, 6.07) is 16.1. The monoisotopic (exact) mass is 476 g/mol. The predicted molar refractivity (Wildman–Crippen MR) is 128 cm³/mol. The minimum absolute atomic E-state index is 0.00358. The van der Waals surface area contributed by atoms with Gasteiger partial charge in [0.1, 0.15) is 13.2 Å². The van der Waals surface area contributed by atoms with Crippen LogP contribution in [0, 0.1) is 5.92 Å². The molecule has 8 nitrogen and oxygen atoms in total. The summed E-state index contributed by atoms with van der Waals surface area (Å²) in [4.78, 5) is 37.7. The average molecular weight is 477 g/mol. The van der Waals surface area contributed by atoms with Crippen molar-refractivity contribution in [1.82, 2.24) is 10.2 Å². The third-order valence-electron chi connectivity index (χ3n) is 6.93.